The molecule has 2 unspecified atom stereocenters. The second-order valence-electron chi connectivity index (χ2n) is 4.06. The number of rotatable bonds is 5. The van der Waals surface area contributed by atoms with E-state index in [-0.39, 0.29) is 5.91 Å². The fraction of sp³-hybridized carbons (Fsp3) is 0.909. The van der Waals surface area contributed by atoms with E-state index in [4.69, 9.17) is 4.74 Å². The molecule has 2 N–H and O–H groups in total. The van der Waals surface area contributed by atoms with E-state index in [9.17, 15) is 4.79 Å². The van der Waals surface area contributed by atoms with Crippen molar-refractivity contribution < 1.29 is 9.53 Å². The largest absolute Gasteiger partial charge is 0.378 e. The SMILES string of the molecule is CCCC1CC(NCC(=O)NC)CCO1. The van der Waals surface area contributed by atoms with Crippen molar-refractivity contribution in [2.75, 3.05) is 20.2 Å². The molecule has 1 saturated heterocycles. The van der Waals surface area contributed by atoms with Crippen molar-refractivity contribution in [1.29, 1.82) is 0 Å². The van der Waals surface area contributed by atoms with Gasteiger partial charge in [0, 0.05) is 19.7 Å². The summed E-state index contributed by atoms with van der Waals surface area (Å²) < 4.78 is 5.64. The average molecular weight is 214 g/mol. The van der Waals surface area contributed by atoms with Gasteiger partial charge in [0.15, 0.2) is 0 Å². The summed E-state index contributed by atoms with van der Waals surface area (Å²) >= 11 is 0. The second kappa shape index (κ2) is 6.80. The normalized spacial score (nSPS) is 26.3. The third-order valence-corrected chi connectivity index (χ3v) is 2.81. The van der Waals surface area contributed by atoms with Crippen LogP contribution in [0.3, 0.4) is 0 Å². The Bertz CT molecular complexity index is 195. The van der Waals surface area contributed by atoms with Crippen LogP contribution < -0.4 is 10.6 Å². The van der Waals surface area contributed by atoms with Gasteiger partial charge in [-0.2, -0.15) is 0 Å². The van der Waals surface area contributed by atoms with E-state index in [1.807, 2.05) is 0 Å². The molecule has 0 saturated carbocycles. The minimum Gasteiger partial charge on any atom is -0.378 e. The lowest BCUT2D eigenvalue weighted by Gasteiger charge is -2.29. The van der Waals surface area contributed by atoms with E-state index in [0.29, 0.717) is 18.7 Å². The summed E-state index contributed by atoms with van der Waals surface area (Å²) in [6.07, 6.45) is 4.71. The molecule has 0 aromatic carbocycles. The first-order valence-corrected chi connectivity index (χ1v) is 5.81. The molecule has 1 rings (SSSR count). The molecule has 0 bridgehead atoms. The molecule has 1 aliphatic heterocycles. The summed E-state index contributed by atoms with van der Waals surface area (Å²) in [6.45, 7) is 3.40. The first-order chi connectivity index (χ1) is 7.26. The van der Waals surface area contributed by atoms with Crippen molar-refractivity contribution in [3.8, 4) is 0 Å². The number of carbonyl (C=O) groups is 1. The van der Waals surface area contributed by atoms with Gasteiger partial charge in [0.25, 0.3) is 0 Å². The van der Waals surface area contributed by atoms with Gasteiger partial charge in [-0.1, -0.05) is 13.3 Å². The third kappa shape index (κ3) is 4.62. The van der Waals surface area contributed by atoms with Gasteiger partial charge in [0.1, 0.15) is 0 Å². The minimum absolute atomic E-state index is 0.0496. The van der Waals surface area contributed by atoms with Gasteiger partial charge < -0.3 is 15.4 Å². The van der Waals surface area contributed by atoms with Crippen LogP contribution in [0.4, 0.5) is 0 Å². The number of carbonyl (C=O) groups excluding carboxylic acids is 1. The summed E-state index contributed by atoms with van der Waals surface area (Å²) in [7, 11) is 1.66. The highest BCUT2D eigenvalue weighted by Gasteiger charge is 2.21. The minimum atomic E-state index is 0.0496. The van der Waals surface area contributed by atoms with Gasteiger partial charge in [-0.05, 0) is 19.3 Å². The van der Waals surface area contributed by atoms with E-state index in [0.717, 1.165) is 32.3 Å². The van der Waals surface area contributed by atoms with Crippen LogP contribution in [0.2, 0.25) is 0 Å². The molecule has 4 heteroatoms. The number of nitrogens with one attached hydrogen (secondary N) is 2. The molecule has 15 heavy (non-hydrogen) atoms. The molecule has 4 nitrogen and oxygen atoms in total. The Balaban J connectivity index is 2.21. The van der Waals surface area contributed by atoms with Crippen LogP contribution in [0.5, 0.6) is 0 Å². The Labute approximate surface area is 91.8 Å². The molecule has 88 valence electrons. The van der Waals surface area contributed by atoms with E-state index in [2.05, 4.69) is 17.6 Å². The van der Waals surface area contributed by atoms with E-state index in [1.165, 1.54) is 0 Å². The molecule has 1 fully saturated rings. The summed E-state index contributed by atoms with van der Waals surface area (Å²) in [5.74, 6) is 0.0496. The van der Waals surface area contributed by atoms with Crippen molar-refractivity contribution in [3.05, 3.63) is 0 Å². The maximum atomic E-state index is 11.1. The predicted octanol–water partition coefficient (Wildman–Crippen LogP) is 0.670. The lowest BCUT2D eigenvalue weighted by molar-refractivity contribution is -0.120. The van der Waals surface area contributed by atoms with E-state index >= 15 is 0 Å². The Morgan fingerprint density at radius 2 is 2.33 bits per heavy atom. The fourth-order valence-corrected chi connectivity index (χ4v) is 1.91. The molecule has 0 radical (unpaired) electrons. The van der Waals surface area contributed by atoms with Gasteiger partial charge in [-0.3, -0.25) is 4.79 Å². The van der Waals surface area contributed by atoms with Gasteiger partial charge in [0.05, 0.1) is 12.6 Å². The van der Waals surface area contributed by atoms with Crippen LogP contribution in [0.25, 0.3) is 0 Å². The second-order valence-corrected chi connectivity index (χ2v) is 4.06. The standard InChI is InChI=1S/C11H22N2O2/c1-3-4-10-7-9(5-6-15-10)13-8-11(14)12-2/h9-10,13H,3-8H2,1-2H3,(H,12,14). The van der Waals surface area contributed by atoms with E-state index in [1.54, 1.807) is 7.05 Å². The summed E-state index contributed by atoms with van der Waals surface area (Å²) in [6, 6.07) is 0.438. The monoisotopic (exact) mass is 214 g/mol. The van der Waals surface area contributed by atoms with Gasteiger partial charge in [0.2, 0.25) is 5.91 Å². The topological polar surface area (TPSA) is 50.4 Å². The number of hydrogen-bond donors (Lipinski definition) is 2. The zero-order valence-electron chi connectivity index (χ0n) is 9.71. The van der Waals surface area contributed by atoms with Crippen LogP contribution in [-0.2, 0) is 9.53 Å². The fourth-order valence-electron chi connectivity index (χ4n) is 1.91. The molecule has 0 aromatic rings. The Kier molecular flexibility index (Phi) is 5.65. The highest BCUT2D eigenvalue weighted by atomic mass is 16.5. The first-order valence-electron chi connectivity index (χ1n) is 5.81. The molecule has 0 spiro atoms. The maximum Gasteiger partial charge on any atom is 0.233 e. The number of likely N-dealkylation sites (N-methyl/N-ethyl adjacent to an activating group) is 1. The van der Waals surface area contributed by atoms with Gasteiger partial charge in [-0.15, -0.1) is 0 Å². The average Bonchev–Trinajstić information content (AvgIpc) is 2.27. The van der Waals surface area contributed by atoms with Crippen LogP contribution >= 0.6 is 0 Å². The maximum absolute atomic E-state index is 11.1. The van der Waals surface area contributed by atoms with Crippen molar-refractivity contribution in [1.82, 2.24) is 10.6 Å². The van der Waals surface area contributed by atoms with Crippen molar-refractivity contribution in [3.63, 3.8) is 0 Å². The van der Waals surface area contributed by atoms with Crippen LogP contribution in [0.1, 0.15) is 32.6 Å². The first kappa shape index (κ1) is 12.5. The van der Waals surface area contributed by atoms with Crippen molar-refractivity contribution in [2.45, 2.75) is 44.8 Å². The molecular weight excluding hydrogens is 192 g/mol. The molecule has 2 atom stereocenters. The third-order valence-electron chi connectivity index (χ3n) is 2.81. The van der Waals surface area contributed by atoms with Crippen molar-refractivity contribution in [2.24, 2.45) is 0 Å². The number of amides is 1. The number of hydrogen-bond acceptors (Lipinski definition) is 3. The molecular formula is C11H22N2O2. The van der Waals surface area contributed by atoms with Crippen molar-refractivity contribution >= 4 is 5.91 Å². The van der Waals surface area contributed by atoms with Crippen LogP contribution in [-0.4, -0.2) is 38.3 Å². The Hall–Kier alpha value is -0.610. The molecule has 1 amide bonds. The molecule has 0 aliphatic carbocycles. The molecule has 0 aromatic heterocycles. The van der Waals surface area contributed by atoms with Gasteiger partial charge >= 0.3 is 0 Å². The predicted molar refractivity (Wildman–Crippen MR) is 59.7 cm³/mol. The van der Waals surface area contributed by atoms with E-state index < -0.39 is 0 Å². The molecule has 1 aliphatic rings. The Morgan fingerprint density at radius 3 is 3.00 bits per heavy atom. The summed E-state index contributed by atoms with van der Waals surface area (Å²) in [5.41, 5.74) is 0. The zero-order chi connectivity index (χ0) is 11.1. The van der Waals surface area contributed by atoms with Gasteiger partial charge in [-0.25, -0.2) is 0 Å². The van der Waals surface area contributed by atoms with Crippen LogP contribution in [0.15, 0.2) is 0 Å². The number of ether oxygens (including phenoxy) is 1. The smallest absolute Gasteiger partial charge is 0.233 e. The lowest BCUT2D eigenvalue weighted by Crippen LogP contribution is -2.43. The zero-order valence-corrected chi connectivity index (χ0v) is 9.71. The highest BCUT2D eigenvalue weighted by Crippen LogP contribution is 2.17. The molecule has 1 heterocycles. The van der Waals surface area contributed by atoms with Crippen LogP contribution in [0, 0.1) is 0 Å². The highest BCUT2D eigenvalue weighted by molar-refractivity contribution is 5.77. The Morgan fingerprint density at radius 1 is 1.53 bits per heavy atom. The summed E-state index contributed by atoms with van der Waals surface area (Å²) in [4.78, 5) is 11.1. The quantitative estimate of drug-likeness (QED) is 0.707. The summed E-state index contributed by atoms with van der Waals surface area (Å²) in [5, 5.41) is 5.88. The lowest BCUT2D eigenvalue weighted by atomic mass is 10.0.